The molecule has 112 valence electrons. The minimum absolute atomic E-state index is 0.0376. The summed E-state index contributed by atoms with van der Waals surface area (Å²) in [5.41, 5.74) is 6.79. The van der Waals surface area contributed by atoms with Gasteiger partial charge in [0.25, 0.3) is 0 Å². The minimum Gasteiger partial charge on any atom is -0.383 e. The van der Waals surface area contributed by atoms with Crippen LogP contribution in [0, 0.1) is 0 Å². The summed E-state index contributed by atoms with van der Waals surface area (Å²) in [6.07, 6.45) is 2.14. The Balaban J connectivity index is 2.19. The molecule has 2 aromatic rings. The first-order chi connectivity index (χ1) is 10.1. The van der Waals surface area contributed by atoms with Gasteiger partial charge in [-0.15, -0.1) is 0 Å². The van der Waals surface area contributed by atoms with E-state index in [1.165, 1.54) is 16.6 Å². The van der Waals surface area contributed by atoms with Gasteiger partial charge in [0.05, 0.1) is 0 Å². The number of benzene rings is 1. The molecule has 2 N–H and O–H groups in total. The number of hydrogen-bond acceptors (Lipinski definition) is 4. The highest BCUT2D eigenvalue weighted by atomic mass is 32.2. The molecule has 0 bridgehead atoms. The molecule has 0 saturated carbocycles. The fourth-order valence-corrected chi connectivity index (χ4v) is 3.62. The first kappa shape index (κ1) is 15.5. The summed E-state index contributed by atoms with van der Waals surface area (Å²) in [6, 6.07) is 12.9. The van der Waals surface area contributed by atoms with Crippen molar-refractivity contribution in [2.75, 3.05) is 18.8 Å². The Kier molecular flexibility index (Phi) is 4.93. The fraction of sp³-hybridized carbons (Fsp3) is 0.267. The normalized spacial score (nSPS) is 11.7. The van der Waals surface area contributed by atoms with Gasteiger partial charge in [-0.2, -0.15) is 4.31 Å². The van der Waals surface area contributed by atoms with E-state index in [0.717, 1.165) is 5.56 Å². The topological polar surface area (TPSA) is 76.3 Å². The van der Waals surface area contributed by atoms with Crippen LogP contribution in [0.5, 0.6) is 0 Å². The molecule has 1 aromatic heterocycles. The zero-order valence-electron chi connectivity index (χ0n) is 11.9. The average Bonchev–Trinajstić information content (AvgIpc) is 2.49. The van der Waals surface area contributed by atoms with Gasteiger partial charge in [0.1, 0.15) is 10.7 Å². The lowest BCUT2D eigenvalue weighted by atomic mass is 10.1. The molecule has 0 amide bonds. The smallest absolute Gasteiger partial charge is 0.246 e. The maximum atomic E-state index is 12.6. The van der Waals surface area contributed by atoms with Crippen molar-refractivity contribution in [3.63, 3.8) is 0 Å². The molecular weight excluding hydrogens is 286 g/mol. The molecule has 0 atom stereocenters. The second-order valence-corrected chi connectivity index (χ2v) is 6.53. The number of rotatable bonds is 6. The van der Waals surface area contributed by atoms with E-state index in [1.54, 1.807) is 6.07 Å². The van der Waals surface area contributed by atoms with Crippen molar-refractivity contribution < 1.29 is 8.42 Å². The quantitative estimate of drug-likeness (QED) is 0.884. The van der Waals surface area contributed by atoms with E-state index >= 15 is 0 Å². The summed E-state index contributed by atoms with van der Waals surface area (Å²) >= 11 is 0. The Morgan fingerprint density at radius 2 is 1.86 bits per heavy atom. The van der Waals surface area contributed by atoms with E-state index in [0.29, 0.717) is 19.5 Å². The molecule has 0 aliphatic carbocycles. The lowest BCUT2D eigenvalue weighted by Crippen LogP contribution is -2.33. The van der Waals surface area contributed by atoms with Crippen LogP contribution in [0.3, 0.4) is 0 Å². The van der Waals surface area contributed by atoms with Gasteiger partial charge in [-0.05, 0) is 24.1 Å². The molecule has 0 aliphatic rings. The number of sulfonamides is 1. The van der Waals surface area contributed by atoms with Crippen LogP contribution in [0.4, 0.5) is 5.82 Å². The van der Waals surface area contributed by atoms with E-state index in [9.17, 15) is 8.42 Å². The molecular formula is C15H19N3O2S. The molecule has 6 heteroatoms. The van der Waals surface area contributed by atoms with Crippen LogP contribution in [-0.2, 0) is 16.4 Å². The first-order valence-corrected chi connectivity index (χ1v) is 8.24. The third-order valence-corrected chi connectivity index (χ3v) is 5.28. The Morgan fingerprint density at radius 3 is 2.48 bits per heavy atom. The number of hydrogen-bond donors (Lipinski definition) is 1. The molecule has 2 rings (SSSR count). The Hall–Kier alpha value is -1.92. The van der Waals surface area contributed by atoms with Crippen LogP contribution in [0.15, 0.2) is 53.6 Å². The summed E-state index contributed by atoms with van der Waals surface area (Å²) in [5.74, 6) is 0.0376. The van der Waals surface area contributed by atoms with Gasteiger partial charge < -0.3 is 5.73 Å². The second-order valence-electron chi connectivity index (χ2n) is 4.62. The van der Waals surface area contributed by atoms with Crippen molar-refractivity contribution in [1.29, 1.82) is 0 Å². The molecule has 0 spiro atoms. The van der Waals surface area contributed by atoms with Crippen LogP contribution in [0.25, 0.3) is 0 Å². The summed E-state index contributed by atoms with van der Waals surface area (Å²) in [7, 11) is -3.61. The number of nitrogens with two attached hydrogens (primary N) is 1. The predicted octanol–water partition coefficient (Wildman–Crippen LogP) is 1.92. The summed E-state index contributed by atoms with van der Waals surface area (Å²) < 4.78 is 26.6. The van der Waals surface area contributed by atoms with E-state index in [2.05, 4.69) is 4.98 Å². The number of nitrogen functional groups attached to an aromatic ring is 1. The van der Waals surface area contributed by atoms with Crippen molar-refractivity contribution in [2.24, 2.45) is 0 Å². The monoisotopic (exact) mass is 305 g/mol. The van der Waals surface area contributed by atoms with Crippen molar-refractivity contribution in [1.82, 2.24) is 9.29 Å². The summed E-state index contributed by atoms with van der Waals surface area (Å²) in [4.78, 5) is 3.92. The number of anilines is 1. The van der Waals surface area contributed by atoms with E-state index in [-0.39, 0.29) is 10.7 Å². The van der Waals surface area contributed by atoms with Gasteiger partial charge in [0.15, 0.2) is 0 Å². The van der Waals surface area contributed by atoms with E-state index in [1.807, 2.05) is 37.3 Å². The van der Waals surface area contributed by atoms with E-state index < -0.39 is 10.0 Å². The van der Waals surface area contributed by atoms with Gasteiger partial charge in [0.2, 0.25) is 10.0 Å². The largest absolute Gasteiger partial charge is 0.383 e. The van der Waals surface area contributed by atoms with Gasteiger partial charge in [0, 0.05) is 19.3 Å². The molecule has 0 radical (unpaired) electrons. The molecule has 0 fully saturated rings. The molecule has 1 aromatic carbocycles. The Morgan fingerprint density at radius 1 is 1.14 bits per heavy atom. The van der Waals surface area contributed by atoms with Crippen molar-refractivity contribution in [3.05, 3.63) is 54.2 Å². The molecule has 0 aliphatic heterocycles. The zero-order valence-corrected chi connectivity index (χ0v) is 12.8. The molecule has 1 heterocycles. The Bertz CT molecular complexity index is 687. The van der Waals surface area contributed by atoms with Crippen molar-refractivity contribution >= 4 is 15.8 Å². The second kappa shape index (κ2) is 6.69. The first-order valence-electron chi connectivity index (χ1n) is 6.80. The van der Waals surface area contributed by atoms with Gasteiger partial charge in [-0.3, -0.25) is 0 Å². The van der Waals surface area contributed by atoms with Crippen LogP contribution < -0.4 is 5.73 Å². The summed E-state index contributed by atoms with van der Waals surface area (Å²) in [5, 5.41) is 0. The SMILES string of the molecule is CCN(CCc1ccccc1)S(=O)(=O)c1cccnc1N. The van der Waals surface area contributed by atoms with Gasteiger partial charge >= 0.3 is 0 Å². The van der Waals surface area contributed by atoms with Crippen LogP contribution in [0.2, 0.25) is 0 Å². The molecule has 0 saturated heterocycles. The molecule has 21 heavy (non-hydrogen) atoms. The van der Waals surface area contributed by atoms with Gasteiger partial charge in [-0.25, -0.2) is 13.4 Å². The minimum atomic E-state index is -3.61. The maximum absolute atomic E-state index is 12.6. The molecule has 0 unspecified atom stereocenters. The van der Waals surface area contributed by atoms with Crippen molar-refractivity contribution in [2.45, 2.75) is 18.2 Å². The number of likely N-dealkylation sites (N-methyl/N-ethyl adjacent to an activating group) is 1. The average molecular weight is 305 g/mol. The lowest BCUT2D eigenvalue weighted by Gasteiger charge is -2.21. The van der Waals surface area contributed by atoms with Crippen molar-refractivity contribution in [3.8, 4) is 0 Å². The highest BCUT2D eigenvalue weighted by Gasteiger charge is 2.25. The predicted molar refractivity (Wildman–Crippen MR) is 83.2 cm³/mol. The van der Waals surface area contributed by atoms with E-state index in [4.69, 9.17) is 5.73 Å². The van der Waals surface area contributed by atoms with Crippen LogP contribution in [0.1, 0.15) is 12.5 Å². The number of pyridine rings is 1. The highest BCUT2D eigenvalue weighted by Crippen LogP contribution is 2.20. The van der Waals surface area contributed by atoms with Crippen LogP contribution >= 0.6 is 0 Å². The standard InChI is InChI=1S/C15H19N3O2S/c1-2-18(12-10-13-7-4-3-5-8-13)21(19,20)14-9-6-11-17-15(14)16/h3-9,11H,2,10,12H2,1H3,(H2,16,17). The maximum Gasteiger partial charge on any atom is 0.246 e. The molecule has 5 nitrogen and oxygen atoms in total. The fourth-order valence-electron chi connectivity index (χ4n) is 2.11. The Labute approximate surface area is 125 Å². The zero-order chi connectivity index (χ0) is 15.3. The third-order valence-electron chi connectivity index (χ3n) is 3.26. The van der Waals surface area contributed by atoms with Crippen LogP contribution in [-0.4, -0.2) is 30.8 Å². The third kappa shape index (κ3) is 3.59. The van der Waals surface area contributed by atoms with Gasteiger partial charge in [-0.1, -0.05) is 37.3 Å². The number of nitrogens with zero attached hydrogens (tertiary/aromatic N) is 2. The summed E-state index contributed by atoms with van der Waals surface area (Å²) in [6.45, 7) is 2.62. The highest BCUT2D eigenvalue weighted by molar-refractivity contribution is 7.89. The number of aromatic nitrogens is 1. The lowest BCUT2D eigenvalue weighted by molar-refractivity contribution is 0.431.